The number of carbonyl (C=O) groups excluding carboxylic acids is 5. The van der Waals surface area contributed by atoms with Crippen molar-refractivity contribution in [3.05, 3.63) is 108 Å². The number of hydrogen-bond acceptors (Lipinski definition) is 9. The number of esters is 3. The third-order valence-corrected chi connectivity index (χ3v) is 5.47. The third kappa shape index (κ3) is 8.34. The molecule has 0 aromatic heterocycles. The van der Waals surface area contributed by atoms with E-state index in [1.807, 2.05) is 0 Å². The molecule has 0 saturated carbocycles. The van der Waals surface area contributed by atoms with E-state index in [0.29, 0.717) is 0 Å². The molecular weight excluding hydrogens is 506 g/mol. The molecular formula is C29H27NO9. The maximum atomic E-state index is 13.0. The highest BCUT2D eigenvalue weighted by atomic mass is 16.6. The molecule has 3 aromatic rings. The Morgan fingerprint density at radius 1 is 0.718 bits per heavy atom. The van der Waals surface area contributed by atoms with Crippen LogP contribution in [0, 0.1) is 0 Å². The summed E-state index contributed by atoms with van der Waals surface area (Å²) in [5, 5.41) is 13.4. The van der Waals surface area contributed by atoms with Crippen molar-refractivity contribution in [3.8, 4) is 0 Å². The summed E-state index contributed by atoms with van der Waals surface area (Å²) in [6.45, 7) is 0.446. The van der Waals surface area contributed by atoms with E-state index in [1.165, 1.54) is 36.4 Å². The van der Waals surface area contributed by atoms with Crippen LogP contribution in [0.25, 0.3) is 0 Å². The highest BCUT2D eigenvalue weighted by molar-refractivity contribution is 5.91. The van der Waals surface area contributed by atoms with Crippen LogP contribution >= 0.6 is 0 Å². The molecule has 0 bridgehead atoms. The van der Waals surface area contributed by atoms with E-state index in [2.05, 4.69) is 5.32 Å². The SMILES string of the molecule is CC(=O)N[C@@H](C=O)[C@@H](OC(=O)c1ccccc1)[C@@H](OC(=O)c1ccccc1)[C@H](O)COC(=O)c1ccccc1. The Balaban J connectivity index is 1.93. The van der Waals surface area contributed by atoms with Crippen molar-refractivity contribution in [1.29, 1.82) is 0 Å². The Bertz CT molecular complexity index is 1270. The van der Waals surface area contributed by atoms with Crippen molar-refractivity contribution in [2.24, 2.45) is 0 Å². The first-order valence-corrected chi connectivity index (χ1v) is 11.9. The molecule has 0 fully saturated rings. The maximum absolute atomic E-state index is 13.0. The molecule has 3 rings (SSSR count). The summed E-state index contributed by atoms with van der Waals surface area (Å²) in [6, 6.07) is 22.0. The van der Waals surface area contributed by atoms with Crippen LogP contribution < -0.4 is 5.32 Å². The minimum absolute atomic E-state index is 0.103. The van der Waals surface area contributed by atoms with Crippen LogP contribution in [0.2, 0.25) is 0 Å². The van der Waals surface area contributed by atoms with Crippen LogP contribution in [0.15, 0.2) is 91.0 Å². The molecule has 0 aliphatic rings. The second-order valence-corrected chi connectivity index (χ2v) is 8.37. The molecule has 0 aliphatic heterocycles. The maximum Gasteiger partial charge on any atom is 0.338 e. The topological polar surface area (TPSA) is 145 Å². The second kappa shape index (κ2) is 14.2. The number of aliphatic hydroxyl groups excluding tert-OH is 1. The van der Waals surface area contributed by atoms with Crippen molar-refractivity contribution < 1.29 is 43.3 Å². The number of amides is 1. The van der Waals surface area contributed by atoms with Gasteiger partial charge in [0.05, 0.1) is 16.7 Å². The average Bonchev–Trinajstić information content (AvgIpc) is 2.97. The lowest BCUT2D eigenvalue weighted by Gasteiger charge is -2.33. The van der Waals surface area contributed by atoms with Gasteiger partial charge in [-0.05, 0) is 36.4 Å². The first kappa shape index (κ1) is 28.7. The zero-order valence-electron chi connectivity index (χ0n) is 21.0. The summed E-state index contributed by atoms with van der Waals surface area (Å²) in [4.78, 5) is 62.2. The van der Waals surface area contributed by atoms with E-state index in [0.717, 1.165) is 6.92 Å². The number of aliphatic hydroxyl groups is 1. The van der Waals surface area contributed by atoms with Gasteiger partial charge < -0.3 is 29.4 Å². The predicted octanol–water partition coefficient (Wildman–Crippen LogP) is 2.36. The minimum Gasteiger partial charge on any atom is -0.459 e. The van der Waals surface area contributed by atoms with Gasteiger partial charge in [-0.15, -0.1) is 0 Å². The first-order valence-electron chi connectivity index (χ1n) is 11.9. The van der Waals surface area contributed by atoms with Gasteiger partial charge in [0, 0.05) is 6.92 Å². The summed E-state index contributed by atoms with van der Waals surface area (Å²) in [5.74, 6) is -3.24. The number of rotatable bonds is 12. The highest BCUT2D eigenvalue weighted by Gasteiger charge is 2.41. The van der Waals surface area contributed by atoms with Crippen LogP contribution in [-0.4, -0.2) is 66.2 Å². The summed E-state index contributed by atoms with van der Waals surface area (Å²) >= 11 is 0. The van der Waals surface area contributed by atoms with Crippen molar-refractivity contribution in [1.82, 2.24) is 5.32 Å². The van der Waals surface area contributed by atoms with Gasteiger partial charge in [-0.2, -0.15) is 0 Å². The van der Waals surface area contributed by atoms with E-state index in [1.54, 1.807) is 54.6 Å². The largest absolute Gasteiger partial charge is 0.459 e. The predicted molar refractivity (Wildman–Crippen MR) is 138 cm³/mol. The van der Waals surface area contributed by atoms with E-state index in [9.17, 15) is 29.1 Å². The fraction of sp³-hybridized carbons (Fsp3) is 0.207. The standard InChI is InChI=1S/C29H27NO9/c1-19(32)30-23(17-31)25(38-28(35)21-13-7-3-8-14-21)26(39-29(36)22-15-9-4-10-16-22)24(33)18-37-27(34)20-11-5-2-6-12-20/h2-17,23-26,33H,18H2,1H3,(H,30,32)/t23-,24+,25+,26-/m0/s1. The Labute approximate surface area is 224 Å². The average molecular weight is 534 g/mol. The molecule has 0 unspecified atom stereocenters. The Morgan fingerprint density at radius 3 is 1.54 bits per heavy atom. The lowest BCUT2D eigenvalue weighted by Crippen LogP contribution is -2.56. The molecule has 1 amide bonds. The van der Waals surface area contributed by atoms with Gasteiger partial charge >= 0.3 is 17.9 Å². The van der Waals surface area contributed by atoms with Gasteiger partial charge in [0.2, 0.25) is 5.91 Å². The van der Waals surface area contributed by atoms with Crippen LogP contribution in [-0.2, 0) is 23.8 Å². The molecule has 0 heterocycles. The van der Waals surface area contributed by atoms with Crippen molar-refractivity contribution >= 4 is 30.1 Å². The summed E-state index contributed by atoms with van der Waals surface area (Å²) in [5.41, 5.74) is 0.415. The lowest BCUT2D eigenvalue weighted by molar-refractivity contribution is -0.131. The van der Waals surface area contributed by atoms with Gasteiger partial charge in [-0.25, -0.2) is 14.4 Å². The van der Waals surface area contributed by atoms with Crippen LogP contribution in [0.3, 0.4) is 0 Å². The number of ether oxygens (including phenoxy) is 3. The summed E-state index contributed by atoms with van der Waals surface area (Å²) in [7, 11) is 0. The minimum atomic E-state index is -1.77. The molecule has 10 heteroatoms. The fourth-order valence-electron chi connectivity index (χ4n) is 3.58. The summed E-state index contributed by atoms with van der Waals surface area (Å²) < 4.78 is 16.3. The first-order chi connectivity index (χ1) is 18.8. The Morgan fingerprint density at radius 2 is 1.13 bits per heavy atom. The molecule has 3 aromatic carbocycles. The van der Waals surface area contributed by atoms with Crippen LogP contribution in [0.5, 0.6) is 0 Å². The van der Waals surface area contributed by atoms with E-state index in [-0.39, 0.29) is 23.0 Å². The summed E-state index contributed by atoms with van der Waals surface area (Å²) in [6.07, 6.45) is -4.92. The van der Waals surface area contributed by atoms with E-state index in [4.69, 9.17) is 14.2 Å². The normalized spacial score (nSPS) is 13.6. The molecule has 0 aliphatic carbocycles. The highest BCUT2D eigenvalue weighted by Crippen LogP contribution is 2.19. The van der Waals surface area contributed by atoms with Crippen LogP contribution in [0.1, 0.15) is 38.0 Å². The number of benzene rings is 3. The van der Waals surface area contributed by atoms with Gasteiger partial charge in [0.1, 0.15) is 25.0 Å². The fourth-order valence-corrected chi connectivity index (χ4v) is 3.58. The zero-order chi connectivity index (χ0) is 28.2. The molecule has 2 N–H and O–H groups in total. The Hall–Kier alpha value is -4.83. The lowest BCUT2D eigenvalue weighted by atomic mass is 10.0. The molecule has 0 spiro atoms. The van der Waals surface area contributed by atoms with Gasteiger partial charge in [-0.1, -0.05) is 54.6 Å². The smallest absolute Gasteiger partial charge is 0.338 e. The van der Waals surface area contributed by atoms with Gasteiger partial charge in [0.15, 0.2) is 12.2 Å². The Kier molecular flexibility index (Phi) is 10.5. The molecule has 202 valence electrons. The third-order valence-electron chi connectivity index (χ3n) is 5.47. The number of nitrogens with one attached hydrogen (secondary N) is 1. The monoisotopic (exact) mass is 533 g/mol. The number of aldehydes is 1. The number of hydrogen-bond donors (Lipinski definition) is 2. The molecule has 0 saturated heterocycles. The van der Waals surface area contributed by atoms with Crippen molar-refractivity contribution in [2.75, 3.05) is 6.61 Å². The molecule has 39 heavy (non-hydrogen) atoms. The quantitative estimate of drug-likeness (QED) is 0.204. The van der Waals surface area contributed by atoms with E-state index < -0.39 is 54.8 Å². The molecule has 4 atom stereocenters. The molecule has 10 nitrogen and oxygen atoms in total. The van der Waals surface area contributed by atoms with Gasteiger partial charge in [0.25, 0.3) is 0 Å². The number of carbonyl (C=O) groups is 5. The van der Waals surface area contributed by atoms with Crippen LogP contribution in [0.4, 0.5) is 0 Å². The van der Waals surface area contributed by atoms with Crippen molar-refractivity contribution in [2.45, 2.75) is 31.3 Å². The molecule has 0 radical (unpaired) electrons. The van der Waals surface area contributed by atoms with Gasteiger partial charge in [-0.3, -0.25) is 4.79 Å². The van der Waals surface area contributed by atoms with Crippen molar-refractivity contribution in [3.63, 3.8) is 0 Å². The second-order valence-electron chi connectivity index (χ2n) is 8.37. The zero-order valence-corrected chi connectivity index (χ0v) is 21.0. The van der Waals surface area contributed by atoms with E-state index >= 15 is 0 Å².